The van der Waals surface area contributed by atoms with Crippen LogP contribution in [0.4, 0.5) is 44.0 Å². The number of amides is 1. The van der Waals surface area contributed by atoms with Crippen LogP contribution < -0.4 is 10.6 Å². The lowest BCUT2D eigenvalue weighted by molar-refractivity contribution is -0.137. The number of nitrogens with one attached hydrogen (secondary N) is 2. The molecule has 4 rings (SSSR count). The summed E-state index contributed by atoms with van der Waals surface area (Å²) in [6.45, 7) is 0.352. The molecule has 0 saturated carbocycles. The van der Waals surface area contributed by atoms with E-state index >= 15 is 0 Å². The normalized spacial score (nSPS) is 17.9. The molecule has 214 valence electrons. The van der Waals surface area contributed by atoms with Gasteiger partial charge in [0.05, 0.1) is 11.7 Å². The van der Waals surface area contributed by atoms with Gasteiger partial charge < -0.3 is 15.7 Å². The van der Waals surface area contributed by atoms with Gasteiger partial charge in [-0.1, -0.05) is 61.9 Å². The predicted molar refractivity (Wildman–Crippen MR) is 139 cm³/mol. The fourth-order valence-corrected chi connectivity index (χ4v) is 4.77. The second-order valence-corrected chi connectivity index (χ2v) is 11.5. The van der Waals surface area contributed by atoms with Crippen LogP contribution in [0.15, 0.2) is 89.9 Å². The number of alkyl halides is 3. The van der Waals surface area contributed by atoms with Gasteiger partial charge in [0.25, 0.3) is 0 Å². The van der Waals surface area contributed by atoms with E-state index in [0.29, 0.717) is 24.2 Å². The quantitative estimate of drug-likeness (QED) is 0.154. The zero-order valence-electron chi connectivity index (χ0n) is 20.4. The highest BCUT2D eigenvalue weighted by molar-refractivity contribution is 8.45. The van der Waals surface area contributed by atoms with Gasteiger partial charge in [-0.2, -0.15) is 13.2 Å². The molecule has 4 nitrogen and oxygen atoms in total. The summed E-state index contributed by atoms with van der Waals surface area (Å²) in [5, 5.41) is 15.6. The lowest BCUT2D eigenvalue weighted by atomic mass is 9.96. The molecule has 1 amide bonds. The number of benzene rings is 3. The maximum absolute atomic E-state index is 13.2. The molecular formula is C27H22F8N2O2S. The first kappa shape index (κ1) is 29.2. The zero-order valence-corrected chi connectivity index (χ0v) is 21.2. The summed E-state index contributed by atoms with van der Waals surface area (Å²) in [6, 6.07) is 10.8. The van der Waals surface area contributed by atoms with Crippen LogP contribution in [0, 0.1) is 0 Å². The molecule has 0 fully saturated rings. The summed E-state index contributed by atoms with van der Waals surface area (Å²) in [5.74, 6) is -0.604. The standard InChI is InChI=1S/C27H22F8N2O2S/c28-27(29,30)19-11-7-17(8-12-19)22(18-9-13-21(14-10-18)40(31,32,33,34)35)3-1-6-26(39)37-25-5-2-4-24-23(25)15-20(38)16-36-24/h1-14,20,36,38H,15-16H2,(H,37,39). The monoisotopic (exact) mass is 590 g/mol. The molecule has 40 heavy (non-hydrogen) atoms. The van der Waals surface area contributed by atoms with Crippen molar-refractivity contribution in [3.05, 3.63) is 107 Å². The van der Waals surface area contributed by atoms with Crippen LogP contribution in [0.5, 0.6) is 0 Å². The molecule has 3 N–H and O–H groups in total. The summed E-state index contributed by atoms with van der Waals surface area (Å²) in [5.41, 5.74) is 1.11. The summed E-state index contributed by atoms with van der Waals surface area (Å²) < 4.78 is 105. The first-order valence-electron chi connectivity index (χ1n) is 11.7. The number of carbonyl (C=O) groups excluding carboxylic acids is 1. The third-order valence-electron chi connectivity index (χ3n) is 6.05. The fraction of sp³-hybridized carbons (Fsp3) is 0.148. The average molecular weight is 591 g/mol. The van der Waals surface area contributed by atoms with Gasteiger partial charge in [-0.25, -0.2) is 0 Å². The SMILES string of the molecule is O=C(C=CC=C(c1ccc(C(F)(F)F)cc1)c1ccc(S(F)(F)(F)(F)F)cc1)Nc1cccc2c1CC(O)CN2. The summed E-state index contributed by atoms with van der Waals surface area (Å²) in [4.78, 5) is 10.5. The van der Waals surface area contributed by atoms with Crippen molar-refractivity contribution in [3.63, 3.8) is 0 Å². The van der Waals surface area contributed by atoms with E-state index in [1.54, 1.807) is 18.2 Å². The molecule has 0 saturated heterocycles. The number of carbonyl (C=O) groups is 1. The molecule has 0 aromatic heterocycles. The number of β-amino-alcohol motifs (C(OH)–C–C–N with tert-alkyl or cyclic N) is 1. The molecular weight excluding hydrogens is 568 g/mol. The van der Waals surface area contributed by atoms with E-state index in [2.05, 4.69) is 10.6 Å². The van der Waals surface area contributed by atoms with Crippen molar-refractivity contribution in [2.75, 3.05) is 17.2 Å². The molecule has 0 radical (unpaired) electrons. The highest BCUT2D eigenvalue weighted by atomic mass is 32.5. The first-order valence-corrected chi connectivity index (χ1v) is 13.6. The van der Waals surface area contributed by atoms with Gasteiger partial charge in [0.15, 0.2) is 0 Å². The van der Waals surface area contributed by atoms with Crippen molar-refractivity contribution >= 4 is 33.1 Å². The Hall–Kier alpha value is -3.84. The highest BCUT2D eigenvalue weighted by Gasteiger charge is 2.65. The average Bonchev–Trinajstić information content (AvgIpc) is 2.85. The number of fused-ring (bicyclic) bond motifs is 1. The van der Waals surface area contributed by atoms with E-state index in [9.17, 15) is 42.5 Å². The van der Waals surface area contributed by atoms with Crippen molar-refractivity contribution in [1.82, 2.24) is 0 Å². The number of allylic oxidation sites excluding steroid dienone is 2. The summed E-state index contributed by atoms with van der Waals surface area (Å²) in [6.07, 6.45) is -1.41. The first-order chi connectivity index (χ1) is 18.4. The second kappa shape index (κ2) is 9.66. The molecule has 3 aromatic rings. The maximum Gasteiger partial charge on any atom is 0.416 e. The van der Waals surface area contributed by atoms with Crippen LogP contribution in [0.2, 0.25) is 0 Å². The minimum absolute atomic E-state index is 0.00684. The van der Waals surface area contributed by atoms with E-state index in [4.69, 9.17) is 0 Å². The molecule has 1 aliphatic heterocycles. The van der Waals surface area contributed by atoms with E-state index in [1.165, 1.54) is 12.2 Å². The van der Waals surface area contributed by atoms with Gasteiger partial charge in [-0.3, -0.25) is 4.79 Å². The Morgan fingerprint density at radius 1 is 0.925 bits per heavy atom. The number of aliphatic hydroxyl groups is 1. The predicted octanol–water partition coefficient (Wildman–Crippen LogP) is 8.32. The second-order valence-electron chi connectivity index (χ2n) is 9.07. The van der Waals surface area contributed by atoms with Crippen LogP contribution in [-0.2, 0) is 17.4 Å². The molecule has 0 bridgehead atoms. The van der Waals surface area contributed by atoms with Crippen LogP contribution in [0.25, 0.3) is 5.57 Å². The molecule has 0 aliphatic carbocycles. The van der Waals surface area contributed by atoms with E-state index in [1.807, 2.05) is 0 Å². The van der Waals surface area contributed by atoms with Gasteiger partial charge in [-0.05, 0) is 53.1 Å². The van der Waals surface area contributed by atoms with E-state index in [0.717, 1.165) is 48.2 Å². The summed E-state index contributed by atoms with van der Waals surface area (Å²) in [7, 11) is -9.94. The van der Waals surface area contributed by atoms with Gasteiger partial charge >= 0.3 is 16.4 Å². The largest absolute Gasteiger partial charge is 0.416 e. The number of aliphatic hydroxyl groups excluding tert-OH is 1. The molecule has 1 aliphatic rings. The van der Waals surface area contributed by atoms with Crippen LogP contribution in [0.3, 0.4) is 0 Å². The fourth-order valence-electron chi connectivity index (χ4n) is 4.12. The highest BCUT2D eigenvalue weighted by Crippen LogP contribution is 3.02. The van der Waals surface area contributed by atoms with Gasteiger partial charge in [0.2, 0.25) is 5.91 Å². The number of anilines is 2. The third-order valence-corrected chi connectivity index (χ3v) is 7.21. The van der Waals surface area contributed by atoms with Crippen LogP contribution in [0.1, 0.15) is 22.3 Å². The minimum Gasteiger partial charge on any atom is -0.391 e. The van der Waals surface area contributed by atoms with Crippen LogP contribution >= 0.6 is 10.2 Å². The van der Waals surface area contributed by atoms with Crippen molar-refractivity contribution in [1.29, 1.82) is 0 Å². The lowest BCUT2D eigenvalue weighted by Crippen LogP contribution is -2.28. The molecule has 1 heterocycles. The summed E-state index contributed by atoms with van der Waals surface area (Å²) >= 11 is 0. The van der Waals surface area contributed by atoms with E-state index in [-0.39, 0.29) is 28.8 Å². The van der Waals surface area contributed by atoms with Crippen molar-refractivity contribution in [3.8, 4) is 0 Å². The van der Waals surface area contributed by atoms with Gasteiger partial charge in [-0.15, -0.1) is 0 Å². The lowest BCUT2D eigenvalue weighted by Gasteiger charge is -2.40. The molecule has 3 aromatic carbocycles. The molecule has 1 atom stereocenters. The maximum atomic E-state index is 13.2. The Bertz CT molecular complexity index is 1480. The van der Waals surface area contributed by atoms with Crippen molar-refractivity contribution in [2.45, 2.75) is 23.6 Å². The Kier molecular flexibility index (Phi) is 7.04. The molecule has 0 spiro atoms. The van der Waals surface area contributed by atoms with Crippen LogP contribution in [-0.4, -0.2) is 23.7 Å². The molecule has 13 heteroatoms. The zero-order chi connectivity index (χ0) is 29.4. The third kappa shape index (κ3) is 7.02. The van der Waals surface area contributed by atoms with Crippen molar-refractivity contribution < 1.29 is 42.5 Å². The van der Waals surface area contributed by atoms with E-state index < -0.39 is 38.9 Å². The Labute approximate surface area is 223 Å². The van der Waals surface area contributed by atoms with Gasteiger partial charge in [0.1, 0.15) is 4.90 Å². The minimum atomic E-state index is -9.94. The van der Waals surface area contributed by atoms with Crippen molar-refractivity contribution in [2.24, 2.45) is 0 Å². The number of rotatable bonds is 6. The topological polar surface area (TPSA) is 61.4 Å². The number of hydrogen-bond donors (Lipinski definition) is 3. The Morgan fingerprint density at radius 3 is 2.10 bits per heavy atom. The number of halogens is 8. The van der Waals surface area contributed by atoms with Gasteiger partial charge in [0, 0.05) is 36.0 Å². The smallest absolute Gasteiger partial charge is 0.391 e. The number of hydrogen-bond acceptors (Lipinski definition) is 3. The Morgan fingerprint density at radius 2 is 1.52 bits per heavy atom. The molecule has 1 unspecified atom stereocenters. The Balaban J connectivity index is 1.64.